The van der Waals surface area contributed by atoms with Crippen LogP contribution in [0.3, 0.4) is 0 Å². The van der Waals surface area contributed by atoms with Gasteiger partial charge in [0.2, 0.25) is 5.78 Å². The number of Topliss-reactive ketones (excluding diaryl/α,β-unsaturated/α-hetero) is 1. The summed E-state index contributed by atoms with van der Waals surface area (Å²) in [4.78, 5) is 11.7. The SMILES string of the molecule is CCCC1Oc2cc(C(F)(F)F)ccc2C1=O. The number of ketones is 1. The van der Waals surface area contributed by atoms with Gasteiger partial charge in [-0.25, -0.2) is 0 Å². The lowest BCUT2D eigenvalue weighted by atomic mass is 10.0. The number of fused-ring (bicyclic) bond motifs is 1. The fourth-order valence-electron chi connectivity index (χ4n) is 1.83. The van der Waals surface area contributed by atoms with Crippen LogP contribution in [0.5, 0.6) is 5.75 Å². The Bertz CT molecular complexity index is 452. The Hall–Kier alpha value is -1.52. The summed E-state index contributed by atoms with van der Waals surface area (Å²) in [6, 6.07) is 2.99. The smallest absolute Gasteiger partial charge is 0.416 e. The topological polar surface area (TPSA) is 26.3 Å². The van der Waals surface area contributed by atoms with Gasteiger partial charge in [0.15, 0.2) is 6.10 Å². The summed E-state index contributed by atoms with van der Waals surface area (Å²) in [6.45, 7) is 1.89. The van der Waals surface area contributed by atoms with Gasteiger partial charge in [-0.05, 0) is 24.6 Å². The summed E-state index contributed by atoms with van der Waals surface area (Å²) >= 11 is 0. The van der Waals surface area contributed by atoms with Crippen LogP contribution in [-0.4, -0.2) is 11.9 Å². The second-order valence-corrected chi connectivity index (χ2v) is 3.97. The van der Waals surface area contributed by atoms with E-state index in [0.717, 1.165) is 18.6 Å². The first kappa shape index (κ1) is 12.0. The summed E-state index contributed by atoms with van der Waals surface area (Å²) in [6.07, 6.45) is -3.77. The number of alkyl halides is 3. The van der Waals surface area contributed by atoms with Gasteiger partial charge in [-0.3, -0.25) is 4.79 Å². The molecule has 5 heteroatoms. The molecule has 2 rings (SSSR count). The molecule has 1 aliphatic heterocycles. The van der Waals surface area contributed by atoms with Crippen LogP contribution in [0.25, 0.3) is 0 Å². The first-order valence-electron chi connectivity index (χ1n) is 5.35. The normalized spacial score (nSPS) is 19.1. The number of hydrogen-bond acceptors (Lipinski definition) is 2. The Morgan fingerprint density at radius 2 is 2.06 bits per heavy atom. The Labute approximate surface area is 96.4 Å². The highest BCUT2D eigenvalue weighted by Gasteiger charge is 2.36. The Morgan fingerprint density at radius 3 is 2.65 bits per heavy atom. The van der Waals surface area contributed by atoms with Crippen molar-refractivity contribution in [2.45, 2.75) is 32.0 Å². The fraction of sp³-hybridized carbons (Fsp3) is 0.417. The number of rotatable bonds is 2. The second-order valence-electron chi connectivity index (χ2n) is 3.97. The number of halogens is 3. The van der Waals surface area contributed by atoms with Gasteiger partial charge in [-0.2, -0.15) is 13.2 Å². The predicted molar refractivity (Wildman–Crippen MR) is 55.1 cm³/mol. The number of hydrogen-bond donors (Lipinski definition) is 0. The molecule has 1 aliphatic rings. The van der Waals surface area contributed by atoms with Crippen LogP contribution in [-0.2, 0) is 6.18 Å². The molecular weight excluding hydrogens is 233 g/mol. The minimum Gasteiger partial charge on any atom is -0.481 e. The molecule has 2 nitrogen and oxygen atoms in total. The highest BCUT2D eigenvalue weighted by atomic mass is 19.4. The number of ether oxygens (including phenoxy) is 1. The van der Waals surface area contributed by atoms with Gasteiger partial charge in [0.05, 0.1) is 11.1 Å². The minimum atomic E-state index is -4.41. The molecule has 0 bridgehead atoms. The summed E-state index contributed by atoms with van der Waals surface area (Å²) < 4.78 is 42.6. The molecule has 0 aliphatic carbocycles. The molecule has 1 aromatic rings. The third-order valence-corrected chi connectivity index (χ3v) is 2.69. The lowest BCUT2D eigenvalue weighted by molar-refractivity contribution is -0.137. The second kappa shape index (κ2) is 4.05. The third kappa shape index (κ3) is 2.14. The van der Waals surface area contributed by atoms with Crippen LogP contribution in [0.1, 0.15) is 35.7 Å². The van der Waals surface area contributed by atoms with Crippen molar-refractivity contribution in [3.8, 4) is 5.75 Å². The molecule has 0 amide bonds. The largest absolute Gasteiger partial charge is 0.481 e. The molecule has 1 heterocycles. The Morgan fingerprint density at radius 1 is 1.35 bits per heavy atom. The molecular formula is C12H11F3O2. The zero-order chi connectivity index (χ0) is 12.6. The van der Waals surface area contributed by atoms with Gasteiger partial charge in [-0.15, -0.1) is 0 Å². The number of carbonyl (C=O) groups is 1. The van der Waals surface area contributed by atoms with Crippen LogP contribution >= 0.6 is 0 Å². The van der Waals surface area contributed by atoms with Crippen molar-refractivity contribution in [3.63, 3.8) is 0 Å². The van der Waals surface area contributed by atoms with E-state index in [2.05, 4.69) is 0 Å². The van der Waals surface area contributed by atoms with Crippen LogP contribution in [0.4, 0.5) is 13.2 Å². The third-order valence-electron chi connectivity index (χ3n) is 2.69. The quantitative estimate of drug-likeness (QED) is 0.796. The molecule has 17 heavy (non-hydrogen) atoms. The molecule has 0 radical (unpaired) electrons. The van der Waals surface area contributed by atoms with Gasteiger partial charge < -0.3 is 4.74 Å². The minimum absolute atomic E-state index is 0.0447. The summed E-state index contributed by atoms with van der Waals surface area (Å²) in [7, 11) is 0. The molecule has 1 atom stereocenters. The Kier molecular flexibility index (Phi) is 2.85. The van der Waals surface area contributed by atoms with Crippen LogP contribution in [0.2, 0.25) is 0 Å². The Balaban J connectivity index is 2.33. The summed E-state index contributed by atoms with van der Waals surface area (Å²) in [5.41, 5.74) is -0.544. The molecule has 1 unspecified atom stereocenters. The standard InChI is InChI=1S/C12H11F3O2/c1-2-3-9-11(16)8-5-4-7(12(13,14)15)6-10(8)17-9/h4-6,9H,2-3H2,1H3. The average Bonchev–Trinajstić information content (AvgIpc) is 2.55. The average molecular weight is 244 g/mol. The van der Waals surface area contributed by atoms with Crippen LogP contribution < -0.4 is 4.74 Å². The van der Waals surface area contributed by atoms with Crippen molar-refractivity contribution in [1.82, 2.24) is 0 Å². The van der Waals surface area contributed by atoms with E-state index in [9.17, 15) is 18.0 Å². The van der Waals surface area contributed by atoms with Crippen molar-refractivity contribution in [2.75, 3.05) is 0 Å². The summed E-state index contributed by atoms with van der Waals surface area (Å²) in [5.74, 6) is -0.182. The van der Waals surface area contributed by atoms with Crippen molar-refractivity contribution in [3.05, 3.63) is 29.3 Å². The lowest BCUT2D eigenvalue weighted by Crippen LogP contribution is -2.19. The molecule has 0 saturated carbocycles. The maximum absolute atomic E-state index is 12.5. The van der Waals surface area contributed by atoms with Gasteiger partial charge in [0.25, 0.3) is 0 Å². The highest BCUT2D eigenvalue weighted by molar-refractivity contribution is 6.04. The molecule has 0 spiro atoms. The molecule has 1 aromatic carbocycles. The number of carbonyl (C=O) groups excluding carboxylic acids is 1. The maximum atomic E-state index is 12.5. The van der Waals surface area contributed by atoms with E-state index in [-0.39, 0.29) is 17.1 Å². The van der Waals surface area contributed by atoms with Gasteiger partial charge in [0.1, 0.15) is 5.75 Å². The van der Waals surface area contributed by atoms with E-state index in [1.165, 1.54) is 6.07 Å². The van der Waals surface area contributed by atoms with E-state index >= 15 is 0 Å². The highest BCUT2D eigenvalue weighted by Crippen LogP contribution is 2.37. The van der Waals surface area contributed by atoms with Crippen LogP contribution in [0, 0.1) is 0 Å². The van der Waals surface area contributed by atoms with E-state index < -0.39 is 17.8 Å². The predicted octanol–water partition coefficient (Wildman–Crippen LogP) is 3.45. The first-order valence-corrected chi connectivity index (χ1v) is 5.35. The van der Waals surface area contributed by atoms with Gasteiger partial charge >= 0.3 is 6.18 Å². The molecule has 0 saturated heterocycles. The molecule has 0 fully saturated rings. The fourth-order valence-corrected chi connectivity index (χ4v) is 1.83. The van der Waals surface area contributed by atoms with Gasteiger partial charge in [0, 0.05) is 0 Å². The monoisotopic (exact) mass is 244 g/mol. The summed E-state index contributed by atoms with van der Waals surface area (Å²) in [5, 5.41) is 0. The molecule has 0 N–H and O–H groups in total. The van der Waals surface area contributed by atoms with Crippen molar-refractivity contribution >= 4 is 5.78 Å². The van der Waals surface area contributed by atoms with E-state index in [4.69, 9.17) is 4.74 Å². The zero-order valence-electron chi connectivity index (χ0n) is 9.17. The van der Waals surface area contributed by atoms with Crippen LogP contribution in [0.15, 0.2) is 18.2 Å². The van der Waals surface area contributed by atoms with E-state index in [1.54, 1.807) is 0 Å². The van der Waals surface area contributed by atoms with Crippen molar-refractivity contribution < 1.29 is 22.7 Å². The zero-order valence-corrected chi connectivity index (χ0v) is 9.17. The lowest BCUT2D eigenvalue weighted by Gasteiger charge is -2.08. The molecule has 0 aromatic heterocycles. The van der Waals surface area contributed by atoms with Crippen molar-refractivity contribution in [2.24, 2.45) is 0 Å². The molecule has 92 valence electrons. The maximum Gasteiger partial charge on any atom is 0.416 e. The van der Waals surface area contributed by atoms with E-state index in [0.29, 0.717) is 6.42 Å². The van der Waals surface area contributed by atoms with E-state index in [1.807, 2.05) is 6.92 Å². The number of benzene rings is 1. The van der Waals surface area contributed by atoms with Gasteiger partial charge in [-0.1, -0.05) is 13.3 Å². The van der Waals surface area contributed by atoms with Crippen molar-refractivity contribution in [1.29, 1.82) is 0 Å². The first-order chi connectivity index (χ1) is 7.93.